The van der Waals surface area contributed by atoms with E-state index in [-0.39, 0.29) is 12.5 Å². The lowest BCUT2D eigenvalue weighted by Crippen LogP contribution is -2.23. The molecule has 0 saturated heterocycles. The van der Waals surface area contributed by atoms with Gasteiger partial charge in [0.15, 0.2) is 0 Å². The van der Waals surface area contributed by atoms with E-state index in [0.29, 0.717) is 11.6 Å². The fourth-order valence-electron chi connectivity index (χ4n) is 2.73. The van der Waals surface area contributed by atoms with Crippen molar-refractivity contribution in [2.24, 2.45) is 0 Å². The van der Waals surface area contributed by atoms with Crippen molar-refractivity contribution in [1.29, 1.82) is 0 Å². The molecule has 3 rings (SSSR count). The largest absolute Gasteiger partial charge is 0.490 e. The Morgan fingerprint density at radius 2 is 1.80 bits per heavy atom. The minimum absolute atomic E-state index is 0.0559. The number of hydrogen-bond acceptors (Lipinski definition) is 4. The predicted octanol–water partition coefficient (Wildman–Crippen LogP) is 4.39. The van der Waals surface area contributed by atoms with Crippen LogP contribution in [-0.2, 0) is 11.3 Å². The van der Waals surface area contributed by atoms with E-state index < -0.39 is 12.1 Å². The van der Waals surface area contributed by atoms with Crippen molar-refractivity contribution >= 4 is 28.3 Å². The predicted molar refractivity (Wildman–Crippen MR) is 108 cm³/mol. The van der Waals surface area contributed by atoms with Crippen LogP contribution in [0.25, 0.3) is 10.8 Å². The molecule has 3 N–H and O–H groups in total. The van der Waals surface area contributed by atoms with Gasteiger partial charge < -0.3 is 15.5 Å². The first-order valence-corrected chi connectivity index (χ1v) is 9.29. The number of fused-ring (bicyclic) bond motifs is 1. The maximum Gasteiger partial charge on any atom is 0.490 e. The molecule has 9 heteroatoms. The Morgan fingerprint density at radius 3 is 2.40 bits per heavy atom. The van der Waals surface area contributed by atoms with E-state index in [0.717, 1.165) is 17.5 Å². The molecule has 0 bridgehead atoms. The second-order valence-corrected chi connectivity index (χ2v) is 6.82. The van der Waals surface area contributed by atoms with Crippen LogP contribution in [0.1, 0.15) is 17.0 Å². The number of carboxylic acid groups (broad SMARTS) is 1. The molecule has 1 aromatic heterocycles. The zero-order chi connectivity index (χ0) is 22.1. The van der Waals surface area contributed by atoms with Gasteiger partial charge in [0.1, 0.15) is 0 Å². The summed E-state index contributed by atoms with van der Waals surface area (Å²) in [5.74, 6) is -2.70. The van der Waals surface area contributed by atoms with Crippen LogP contribution < -0.4 is 5.32 Å². The number of aliphatic hydroxyl groups is 1. The van der Waals surface area contributed by atoms with Crippen molar-refractivity contribution in [3.8, 4) is 0 Å². The molecule has 1 heterocycles. The Bertz CT molecular complexity index is 960. The van der Waals surface area contributed by atoms with Crippen LogP contribution in [0.5, 0.6) is 0 Å². The Balaban J connectivity index is 0.000000396. The molecule has 5 nitrogen and oxygen atoms in total. The average molecular weight is 441 g/mol. The molecule has 1 atom stereocenters. The average Bonchev–Trinajstić information content (AvgIpc) is 2.72. The van der Waals surface area contributed by atoms with E-state index in [1.54, 1.807) is 0 Å². The van der Waals surface area contributed by atoms with Crippen molar-refractivity contribution in [3.05, 3.63) is 77.1 Å². The number of alkyl halides is 3. The highest BCUT2D eigenvalue weighted by Crippen LogP contribution is 2.19. The molecule has 3 aromatic rings. The molecule has 0 spiro atoms. The highest BCUT2D eigenvalue weighted by molar-refractivity contribution is 6.30. The number of aromatic nitrogens is 1. The third-order valence-corrected chi connectivity index (χ3v) is 4.54. The fraction of sp³-hybridized carbons (Fsp3) is 0.238. The summed E-state index contributed by atoms with van der Waals surface area (Å²) < 4.78 is 31.7. The highest BCUT2D eigenvalue weighted by Gasteiger charge is 2.38. The van der Waals surface area contributed by atoms with Crippen LogP contribution in [-0.4, -0.2) is 40.5 Å². The first kappa shape index (κ1) is 23.6. The van der Waals surface area contributed by atoms with Gasteiger partial charge in [-0.1, -0.05) is 41.9 Å². The zero-order valence-corrected chi connectivity index (χ0v) is 16.5. The van der Waals surface area contributed by atoms with Gasteiger partial charge >= 0.3 is 12.1 Å². The van der Waals surface area contributed by atoms with Crippen LogP contribution in [0.4, 0.5) is 13.2 Å². The van der Waals surface area contributed by atoms with Crippen molar-refractivity contribution < 1.29 is 28.2 Å². The molecule has 0 aliphatic carbocycles. The van der Waals surface area contributed by atoms with Gasteiger partial charge in [-0.05, 0) is 34.7 Å². The first-order valence-electron chi connectivity index (χ1n) is 8.91. The number of aliphatic carboxylic acids is 1. The monoisotopic (exact) mass is 440 g/mol. The molecule has 0 fully saturated rings. The lowest BCUT2D eigenvalue weighted by molar-refractivity contribution is -0.192. The molecular formula is C21H20ClF3N2O3. The number of hydrogen-bond donors (Lipinski definition) is 3. The zero-order valence-electron chi connectivity index (χ0n) is 15.7. The molecule has 0 aliphatic heterocycles. The summed E-state index contributed by atoms with van der Waals surface area (Å²) in [5.41, 5.74) is 2.30. The molecule has 30 heavy (non-hydrogen) atoms. The van der Waals surface area contributed by atoms with E-state index in [2.05, 4.69) is 28.5 Å². The second-order valence-electron chi connectivity index (χ2n) is 6.38. The van der Waals surface area contributed by atoms with Crippen molar-refractivity contribution in [3.63, 3.8) is 0 Å². The van der Waals surface area contributed by atoms with Crippen molar-refractivity contribution in [1.82, 2.24) is 10.3 Å². The molecule has 0 aliphatic rings. The van der Waals surface area contributed by atoms with E-state index in [4.69, 9.17) is 21.5 Å². The van der Waals surface area contributed by atoms with Gasteiger partial charge in [-0.2, -0.15) is 13.2 Å². The van der Waals surface area contributed by atoms with Gasteiger partial charge in [-0.3, -0.25) is 4.98 Å². The van der Waals surface area contributed by atoms with E-state index >= 15 is 0 Å². The Hall–Kier alpha value is -2.68. The van der Waals surface area contributed by atoms with Gasteiger partial charge in [-0.15, -0.1) is 0 Å². The summed E-state index contributed by atoms with van der Waals surface area (Å²) in [5, 5.41) is 23.3. The summed E-state index contributed by atoms with van der Waals surface area (Å²) in [6.07, 6.45) is -1.38. The number of rotatable bonds is 6. The molecular weight excluding hydrogens is 421 g/mol. The van der Waals surface area contributed by atoms with Crippen LogP contribution in [0.3, 0.4) is 0 Å². The Kier molecular flexibility index (Phi) is 8.58. The van der Waals surface area contributed by atoms with Gasteiger partial charge in [0.25, 0.3) is 0 Å². The minimum Gasteiger partial charge on any atom is -0.475 e. The lowest BCUT2D eigenvalue weighted by Gasteiger charge is -2.16. The highest BCUT2D eigenvalue weighted by atomic mass is 35.5. The molecule has 2 aromatic carbocycles. The summed E-state index contributed by atoms with van der Waals surface area (Å²) in [6, 6.07) is 15.9. The summed E-state index contributed by atoms with van der Waals surface area (Å²) in [4.78, 5) is 13.1. The number of nitrogens with one attached hydrogen (secondary N) is 1. The fourth-order valence-corrected chi connectivity index (χ4v) is 2.86. The molecule has 1 unspecified atom stereocenters. The standard InChI is InChI=1S/C19H19ClN2O.C2HF3O2/c20-18-6-4-14(5-7-18)17(13-23)11-22-10-16-3-1-2-15-8-9-21-12-19(15)16;3-2(4,5)1(6)7/h1-9,12,17,22-23H,10-11,13H2;(H,6,7). The number of halogens is 4. The normalized spacial score (nSPS) is 12.2. The number of pyridine rings is 1. The van der Waals surface area contributed by atoms with Crippen LogP contribution >= 0.6 is 11.6 Å². The van der Waals surface area contributed by atoms with E-state index in [1.165, 1.54) is 10.9 Å². The molecule has 0 amide bonds. The second kappa shape index (κ2) is 10.9. The minimum atomic E-state index is -5.08. The van der Waals surface area contributed by atoms with Crippen LogP contribution in [0.15, 0.2) is 60.9 Å². The van der Waals surface area contributed by atoms with Gasteiger partial charge in [0.2, 0.25) is 0 Å². The number of carboxylic acids is 1. The lowest BCUT2D eigenvalue weighted by atomic mass is 10.00. The topological polar surface area (TPSA) is 82.5 Å². The molecule has 0 radical (unpaired) electrons. The Labute approximate surface area is 176 Å². The SMILES string of the molecule is O=C(O)C(F)(F)F.OCC(CNCc1cccc2ccncc12)c1ccc(Cl)cc1. The number of benzene rings is 2. The van der Waals surface area contributed by atoms with E-state index in [1.807, 2.05) is 42.7 Å². The number of carbonyl (C=O) groups is 1. The molecule has 0 saturated carbocycles. The quantitative estimate of drug-likeness (QED) is 0.529. The summed E-state index contributed by atoms with van der Waals surface area (Å²) in [7, 11) is 0. The maximum absolute atomic E-state index is 10.6. The van der Waals surface area contributed by atoms with Crippen molar-refractivity contribution in [2.75, 3.05) is 13.2 Å². The Morgan fingerprint density at radius 1 is 1.13 bits per heavy atom. The maximum atomic E-state index is 10.6. The van der Waals surface area contributed by atoms with Gasteiger partial charge in [0.05, 0.1) is 6.61 Å². The number of nitrogens with zero attached hydrogens (tertiary/aromatic N) is 1. The third kappa shape index (κ3) is 6.98. The van der Waals surface area contributed by atoms with E-state index in [9.17, 15) is 18.3 Å². The van der Waals surface area contributed by atoms with Gasteiger partial charge in [0, 0.05) is 41.8 Å². The third-order valence-electron chi connectivity index (χ3n) is 4.28. The van der Waals surface area contributed by atoms with Gasteiger partial charge in [-0.25, -0.2) is 4.79 Å². The number of aliphatic hydroxyl groups excluding tert-OH is 1. The molecule has 160 valence electrons. The smallest absolute Gasteiger partial charge is 0.475 e. The van der Waals surface area contributed by atoms with Crippen molar-refractivity contribution in [2.45, 2.75) is 18.6 Å². The van der Waals surface area contributed by atoms with Crippen LogP contribution in [0.2, 0.25) is 5.02 Å². The first-order chi connectivity index (χ1) is 14.2. The van der Waals surface area contributed by atoms with Crippen LogP contribution in [0, 0.1) is 0 Å². The summed E-state index contributed by atoms with van der Waals surface area (Å²) in [6.45, 7) is 1.55. The summed E-state index contributed by atoms with van der Waals surface area (Å²) >= 11 is 5.92.